The van der Waals surface area contributed by atoms with Crippen molar-refractivity contribution in [1.82, 2.24) is 15.2 Å². The zero-order valence-electron chi connectivity index (χ0n) is 19.7. The van der Waals surface area contributed by atoms with Crippen LogP contribution in [0.1, 0.15) is 30.1 Å². The first-order valence-electron chi connectivity index (χ1n) is 11.7. The molecule has 34 heavy (non-hydrogen) atoms. The first-order chi connectivity index (χ1) is 16.6. The summed E-state index contributed by atoms with van der Waals surface area (Å²) in [7, 11) is 1.62. The number of halogens is 1. The Morgan fingerprint density at radius 2 is 1.91 bits per heavy atom. The maximum Gasteiger partial charge on any atom is 0.251 e. The molecule has 0 atom stereocenters. The van der Waals surface area contributed by atoms with Crippen molar-refractivity contribution in [3.63, 3.8) is 0 Å². The van der Waals surface area contributed by atoms with Crippen LogP contribution in [0.25, 0.3) is 10.2 Å². The Hall–Kier alpha value is -2.55. The lowest BCUT2D eigenvalue weighted by Gasteiger charge is -2.34. The molecule has 3 aromatic rings. The molecule has 1 amide bonds. The van der Waals surface area contributed by atoms with E-state index >= 15 is 0 Å². The number of aromatic nitrogens is 1. The molecule has 1 aliphatic heterocycles. The summed E-state index contributed by atoms with van der Waals surface area (Å²) in [6.07, 6.45) is 2.13. The normalized spacial score (nSPS) is 14.4. The van der Waals surface area contributed by atoms with Gasteiger partial charge < -0.3 is 19.7 Å². The fourth-order valence-corrected chi connectivity index (χ4v) is 5.14. The predicted molar refractivity (Wildman–Crippen MR) is 139 cm³/mol. The van der Waals surface area contributed by atoms with E-state index in [9.17, 15) is 4.79 Å². The molecule has 1 aromatic heterocycles. The Kier molecular flexibility index (Phi) is 8.48. The number of carbonyl (C=O) groups is 1. The Morgan fingerprint density at radius 1 is 1.15 bits per heavy atom. The van der Waals surface area contributed by atoms with Crippen LogP contribution in [0.5, 0.6) is 11.5 Å². The van der Waals surface area contributed by atoms with Crippen LogP contribution in [-0.2, 0) is 0 Å². The minimum Gasteiger partial charge on any atom is -0.494 e. The fourth-order valence-electron chi connectivity index (χ4n) is 3.89. The molecule has 1 N–H and O–H groups in total. The number of amides is 1. The van der Waals surface area contributed by atoms with Crippen LogP contribution < -0.4 is 19.7 Å². The summed E-state index contributed by atoms with van der Waals surface area (Å²) < 4.78 is 12.2. The number of methoxy groups -OCH3 is 1. The van der Waals surface area contributed by atoms with Crippen LogP contribution >= 0.6 is 22.9 Å². The number of piperazine rings is 1. The van der Waals surface area contributed by atoms with Gasteiger partial charge in [-0.25, -0.2) is 4.98 Å². The summed E-state index contributed by atoms with van der Waals surface area (Å²) in [5.74, 6) is 1.38. The highest BCUT2D eigenvalue weighted by molar-refractivity contribution is 7.22. The molecule has 2 heterocycles. The summed E-state index contributed by atoms with van der Waals surface area (Å²) in [5, 5.41) is 4.59. The highest BCUT2D eigenvalue weighted by Gasteiger charge is 2.21. The number of benzene rings is 2. The van der Waals surface area contributed by atoms with Gasteiger partial charge in [-0.3, -0.25) is 9.69 Å². The van der Waals surface area contributed by atoms with Crippen molar-refractivity contribution < 1.29 is 14.3 Å². The molecule has 2 aromatic carbocycles. The van der Waals surface area contributed by atoms with Crippen molar-refractivity contribution in [3.05, 3.63) is 47.0 Å². The molecular weight excluding hydrogens is 472 g/mol. The van der Waals surface area contributed by atoms with Crippen LogP contribution in [0.2, 0.25) is 5.02 Å². The van der Waals surface area contributed by atoms with Gasteiger partial charge in [0.2, 0.25) is 0 Å². The molecule has 0 spiro atoms. The predicted octanol–water partition coefficient (Wildman–Crippen LogP) is 4.69. The SMILES string of the molecule is CCCCOc1ccc(C(=O)NCCN2CCN(c3nc4c(OC)c(Cl)ccc4s3)CC2)cc1. The Bertz CT molecular complexity index is 1100. The maximum atomic E-state index is 12.5. The van der Waals surface area contributed by atoms with E-state index in [0.717, 1.165) is 66.7 Å². The molecule has 1 saturated heterocycles. The lowest BCUT2D eigenvalue weighted by molar-refractivity contribution is 0.0947. The molecule has 0 saturated carbocycles. The lowest BCUT2D eigenvalue weighted by atomic mass is 10.2. The quantitative estimate of drug-likeness (QED) is 0.406. The van der Waals surface area contributed by atoms with Gasteiger partial charge in [-0.05, 0) is 42.8 Å². The van der Waals surface area contributed by atoms with Crippen molar-refractivity contribution in [3.8, 4) is 11.5 Å². The lowest BCUT2D eigenvalue weighted by Crippen LogP contribution is -2.48. The van der Waals surface area contributed by atoms with E-state index in [1.54, 1.807) is 18.4 Å². The molecule has 0 radical (unpaired) electrons. The Balaban J connectivity index is 1.22. The second-order valence-corrected chi connectivity index (χ2v) is 9.65. The largest absolute Gasteiger partial charge is 0.494 e. The molecule has 9 heteroatoms. The minimum absolute atomic E-state index is 0.0548. The molecule has 182 valence electrons. The van der Waals surface area contributed by atoms with Crippen LogP contribution in [0.15, 0.2) is 36.4 Å². The van der Waals surface area contributed by atoms with E-state index in [1.807, 2.05) is 36.4 Å². The highest BCUT2D eigenvalue weighted by Crippen LogP contribution is 2.38. The summed E-state index contributed by atoms with van der Waals surface area (Å²) in [4.78, 5) is 21.9. The molecule has 0 aliphatic carbocycles. The van der Waals surface area contributed by atoms with E-state index in [4.69, 9.17) is 26.1 Å². The monoisotopic (exact) mass is 502 g/mol. The highest BCUT2D eigenvalue weighted by atomic mass is 35.5. The van der Waals surface area contributed by atoms with Gasteiger partial charge in [-0.15, -0.1) is 0 Å². The second-order valence-electron chi connectivity index (χ2n) is 8.23. The number of fused-ring (bicyclic) bond motifs is 1. The molecule has 0 unspecified atom stereocenters. The number of rotatable bonds is 10. The standard InChI is InChI=1S/C25H31ClN4O3S/c1-3-4-17-33-19-7-5-18(6-8-19)24(31)27-11-12-29-13-15-30(16-14-29)25-28-22-21(34-25)10-9-20(26)23(22)32-2/h5-10H,3-4,11-17H2,1-2H3,(H,27,31). The van der Waals surface area contributed by atoms with Crippen molar-refractivity contribution in [2.75, 3.05) is 57.9 Å². The second kappa shape index (κ2) is 11.7. The fraction of sp³-hybridized carbons (Fsp3) is 0.440. The molecule has 7 nitrogen and oxygen atoms in total. The Morgan fingerprint density at radius 3 is 2.62 bits per heavy atom. The van der Waals surface area contributed by atoms with E-state index in [2.05, 4.69) is 22.0 Å². The van der Waals surface area contributed by atoms with E-state index in [-0.39, 0.29) is 5.91 Å². The summed E-state index contributed by atoms with van der Waals surface area (Å²) in [6, 6.07) is 11.2. The number of hydrogen-bond acceptors (Lipinski definition) is 7. The summed E-state index contributed by atoms with van der Waals surface area (Å²) in [5.41, 5.74) is 1.47. The maximum absolute atomic E-state index is 12.5. The van der Waals surface area contributed by atoms with Crippen molar-refractivity contribution >= 4 is 44.2 Å². The number of hydrogen-bond donors (Lipinski definition) is 1. The van der Waals surface area contributed by atoms with Crippen LogP contribution in [0.4, 0.5) is 5.13 Å². The molecule has 4 rings (SSSR count). The average molecular weight is 503 g/mol. The van der Waals surface area contributed by atoms with Gasteiger partial charge in [-0.2, -0.15) is 0 Å². The van der Waals surface area contributed by atoms with Crippen molar-refractivity contribution in [2.24, 2.45) is 0 Å². The summed E-state index contributed by atoms with van der Waals surface area (Å²) in [6.45, 7) is 7.91. The summed E-state index contributed by atoms with van der Waals surface area (Å²) >= 11 is 7.90. The van der Waals surface area contributed by atoms with Gasteiger partial charge in [-0.1, -0.05) is 36.3 Å². The van der Waals surface area contributed by atoms with E-state index in [1.165, 1.54) is 0 Å². The third-order valence-electron chi connectivity index (χ3n) is 5.90. The van der Waals surface area contributed by atoms with Crippen molar-refractivity contribution in [2.45, 2.75) is 19.8 Å². The first-order valence-corrected chi connectivity index (χ1v) is 12.9. The molecule has 1 aliphatic rings. The molecule has 0 bridgehead atoms. The third-order valence-corrected chi connectivity index (χ3v) is 7.28. The average Bonchev–Trinajstić information content (AvgIpc) is 3.29. The third kappa shape index (κ3) is 5.92. The number of nitrogens with zero attached hydrogens (tertiary/aromatic N) is 3. The molecule has 1 fully saturated rings. The van der Waals surface area contributed by atoms with Gasteiger partial charge in [0.1, 0.15) is 11.3 Å². The zero-order valence-corrected chi connectivity index (χ0v) is 21.3. The zero-order chi connectivity index (χ0) is 23.9. The van der Waals surface area contributed by atoms with Crippen molar-refractivity contribution in [1.29, 1.82) is 0 Å². The van der Waals surface area contributed by atoms with Crippen LogP contribution in [0.3, 0.4) is 0 Å². The van der Waals surface area contributed by atoms with Gasteiger partial charge in [0.25, 0.3) is 5.91 Å². The number of thiazole rings is 1. The smallest absolute Gasteiger partial charge is 0.251 e. The number of anilines is 1. The number of ether oxygens (including phenoxy) is 2. The van der Waals surface area contributed by atoms with Gasteiger partial charge in [0.05, 0.1) is 23.4 Å². The number of carbonyl (C=O) groups excluding carboxylic acids is 1. The Labute approximate surface area is 209 Å². The number of nitrogens with one attached hydrogen (secondary N) is 1. The first kappa shape index (κ1) is 24.6. The topological polar surface area (TPSA) is 66.9 Å². The number of unbranched alkanes of at least 4 members (excludes halogenated alkanes) is 1. The van der Waals surface area contributed by atoms with E-state index < -0.39 is 0 Å². The van der Waals surface area contributed by atoms with Crippen LogP contribution in [0, 0.1) is 0 Å². The van der Waals surface area contributed by atoms with Gasteiger partial charge >= 0.3 is 0 Å². The van der Waals surface area contributed by atoms with Crippen LogP contribution in [-0.4, -0.2) is 68.8 Å². The van der Waals surface area contributed by atoms with Gasteiger partial charge in [0.15, 0.2) is 10.9 Å². The minimum atomic E-state index is -0.0548. The molecular formula is C25H31ClN4O3S. The van der Waals surface area contributed by atoms with Gasteiger partial charge in [0, 0.05) is 44.8 Å². The van der Waals surface area contributed by atoms with E-state index in [0.29, 0.717) is 29.5 Å².